The molecule has 1 aromatic carbocycles. The number of thiazole rings is 1. The lowest BCUT2D eigenvalue weighted by molar-refractivity contribution is -0.124. The molecule has 1 fully saturated rings. The minimum absolute atomic E-state index is 0.131. The van der Waals surface area contributed by atoms with Crippen molar-refractivity contribution in [3.05, 3.63) is 34.7 Å². The summed E-state index contributed by atoms with van der Waals surface area (Å²) >= 11 is 7.28. The number of hydrogen-bond donors (Lipinski definition) is 2. The number of benzene rings is 1. The van der Waals surface area contributed by atoms with Crippen LogP contribution in [0.25, 0.3) is 16.4 Å². The summed E-state index contributed by atoms with van der Waals surface area (Å²) in [5.74, 6) is 0.0107. The molecule has 2 aromatic heterocycles. The Morgan fingerprint density at radius 2 is 2.15 bits per heavy atom. The fourth-order valence-corrected chi connectivity index (χ4v) is 3.52. The summed E-state index contributed by atoms with van der Waals surface area (Å²) in [4.78, 5) is 20.7. The molecule has 0 spiro atoms. The van der Waals surface area contributed by atoms with Gasteiger partial charge in [0.2, 0.25) is 11.1 Å². The minimum Gasteiger partial charge on any atom is -0.368 e. The number of carbonyl (C=O) groups excluding carboxylic acids is 1. The van der Waals surface area contributed by atoms with Crippen LogP contribution in [0, 0.1) is 0 Å². The van der Waals surface area contributed by atoms with E-state index in [2.05, 4.69) is 20.4 Å². The second kappa shape index (κ2) is 7.02. The van der Waals surface area contributed by atoms with Crippen molar-refractivity contribution in [2.75, 3.05) is 17.7 Å². The van der Waals surface area contributed by atoms with E-state index < -0.39 is 6.10 Å². The molecule has 1 amide bonds. The van der Waals surface area contributed by atoms with Gasteiger partial charge in [0.15, 0.2) is 0 Å². The molecule has 8 nitrogen and oxygen atoms in total. The Morgan fingerprint density at radius 1 is 1.35 bits per heavy atom. The molecule has 0 bridgehead atoms. The maximum atomic E-state index is 12.1. The number of nitrogens with one attached hydrogen (secondary N) is 1. The molecule has 3 aromatic rings. The summed E-state index contributed by atoms with van der Waals surface area (Å²) < 4.78 is 6.74. The van der Waals surface area contributed by atoms with E-state index in [1.807, 2.05) is 17.5 Å². The molecule has 3 N–H and O–H groups in total. The molecule has 1 aliphatic rings. The van der Waals surface area contributed by atoms with Crippen LogP contribution in [0.2, 0.25) is 5.02 Å². The van der Waals surface area contributed by atoms with Crippen molar-refractivity contribution in [2.24, 2.45) is 0 Å². The Kier molecular flexibility index (Phi) is 4.58. The lowest BCUT2D eigenvalue weighted by Gasteiger charge is -2.06. The van der Waals surface area contributed by atoms with Crippen molar-refractivity contribution in [1.82, 2.24) is 19.7 Å². The van der Waals surface area contributed by atoms with Crippen LogP contribution in [0.1, 0.15) is 12.8 Å². The number of hydrogen-bond acceptors (Lipinski definition) is 7. The molecular weight excluding hydrogens is 376 g/mol. The molecule has 3 heterocycles. The highest BCUT2D eigenvalue weighted by atomic mass is 35.5. The Hall–Kier alpha value is -2.49. The van der Waals surface area contributed by atoms with Gasteiger partial charge < -0.3 is 10.5 Å². The SMILES string of the molecule is Nc1nc(NC(=O)[C@H]2CCCO2)nn1-c1nc(-c2ccc(Cl)cc2)cs1. The summed E-state index contributed by atoms with van der Waals surface area (Å²) in [5.41, 5.74) is 7.64. The molecule has 0 aliphatic carbocycles. The van der Waals surface area contributed by atoms with Crippen LogP contribution in [-0.4, -0.2) is 38.4 Å². The number of rotatable bonds is 4. The monoisotopic (exact) mass is 390 g/mol. The Bertz CT molecular complexity index is 933. The molecule has 1 saturated heterocycles. The van der Waals surface area contributed by atoms with Gasteiger partial charge in [-0.2, -0.15) is 9.67 Å². The second-order valence-corrected chi connectivity index (χ2v) is 6.99. The summed E-state index contributed by atoms with van der Waals surface area (Å²) in [5, 5.41) is 9.98. The van der Waals surface area contributed by atoms with E-state index in [9.17, 15) is 4.79 Å². The van der Waals surface area contributed by atoms with Crippen LogP contribution < -0.4 is 11.1 Å². The van der Waals surface area contributed by atoms with Crippen molar-refractivity contribution in [2.45, 2.75) is 18.9 Å². The summed E-state index contributed by atoms with van der Waals surface area (Å²) in [6.45, 7) is 0.592. The van der Waals surface area contributed by atoms with Gasteiger partial charge in [-0.1, -0.05) is 23.7 Å². The average Bonchev–Trinajstić information content (AvgIpc) is 3.35. The lowest BCUT2D eigenvalue weighted by Crippen LogP contribution is -2.27. The lowest BCUT2D eigenvalue weighted by atomic mass is 10.2. The van der Waals surface area contributed by atoms with Gasteiger partial charge in [-0.05, 0) is 25.0 Å². The number of carbonyl (C=O) groups is 1. The van der Waals surface area contributed by atoms with Crippen molar-refractivity contribution in [3.63, 3.8) is 0 Å². The van der Waals surface area contributed by atoms with Crippen LogP contribution in [0.15, 0.2) is 29.6 Å². The molecular formula is C16H15ClN6O2S. The molecule has 1 aliphatic heterocycles. The van der Waals surface area contributed by atoms with Crippen LogP contribution in [0.5, 0.6) is 0 Å². The number of nitrogens with two attached hydrogens (primary N) is 1. The predicted octanol–water partition coefficient (Wildman–Crippen LogP) is 2.74. The first-order chi connectivity index (χ1) is 12.6. The van der Waals surface area contributed by atoms with Crippen LogP contribution in [-0.2, 0) is 9.53 Å². The van der Waals surface area contributed by atoms with E-state index in [1.54, 1.807) is 12.1 Å². The van der Waals surface area contributed by atoms with Crippen molar-refractivity contribution in [1.29, 1.82) is 0 Å². The van der Waals surface area contributed by atoms with Crippen LogP contribution in [0.4, 0.5) is 11.9 Å². The van der Waals surface area contributed by atoms with Crippen molar-refractivity contribution in [3.8, 4) is 16.4 Å². The first-order valence-electron chi connectivity index (χ1n) is 7.97. The van der Waals surface area contributed by atoms with Gasteiger partial charge in [-0.3, -0.25) is 10.1 Å². The summed E-state index contributed by atoms with van der Waals surface area (Å²) in [7, 11) is 0. The third-order valence-corrected chi connectivity index (χ3v) is 4.97. The van der Waals surface area contributed by atoms with Crippen molar-refractivity contribution >= 4 is 40.7 Å². The smallest absolute Gasteiger partial charge is 0.255 e. The molecule has 0 saturated carbocycles. The number of nitrogen functional groups attached to an aromatic ring is 1. The van der Waals surface area contributed by atoms with Gasteiger partial charge in [0.25, 0.3) is 11.9 Å². The minimum atomic E-state index is -0.459. The maximum Gasteiger partial charge on any atom is 0.255 e. The third kappa shape index (κ3) is 3.41. The van der Waals surface area contributed by atoms with Gasteiger partial charge >= 0.3 is 0 Å². The fraction of sp³-hybridized carbons (Fsp3) is 0.250. The molecule has 0 unspecified atom stereocenters. The first kappa shape index (κ1) is 17.0. The fourth-order valence-electron chi connectivity index (χ4n) is 2.61. The van der Waals surface area contributed by atoms with Gasteiger partial charge in [0.1, 0.15) is 6.10 Å². The Labute approximate surface area is 158 Å². The third-order valence-electron chi connectivity index (χ3n) is 3.90. The molecule has 4 rings (SSSR count). The standard InChI is InChI=1S/C16H15ClN6O2S/c17-10-5-3-9(4-6-10)11-8-26-16(19-11)23-14(18)21-15(22-23)20-13(24)12-2-1-7-25-12/h3-6,8,12H,1-2,7H2,(H3,18,20,21,22,24)/t12-/m1/s1. The average molecular weight is 391 g/mol. The van der Waals surface area contributed by atoms with E-state index in [-0.39, 0.29) is 17.8 Å². The van der Waals surface area contributed by atoms with E-state index in [1.165, 1.54) is 16.0 Å². The quantitative estimate of drug-likeness (QED) is 0.709. The zero-order valence-corrected chi connectivity index (χ0v) is 15.1. The number of nitrogens with zero attached hydrogens (tertiary/aromatic N) is 4. The van der Waals surface area contributed by atoms with Gasteiger partial charge in [-0.25, -0.2) is 4.98 Å². The normalized spacial score (nSPS) is 16.7. The number of aromatic nitrogens is 4. The zero-order chi connectivity index (χ0) is 18.1. The number of ether oxygens (including phenoxy) is 1. The topological polar surface area (TPSA) is 108 Å². The van der Waals surface area contributed by atoms with Gasteiger partial charge in [0.05, 0.1) is 5.69 Å². The zero-order valence-electron chi connectivity index (χ0n) is 13.6. The second-order valence-electron chi connectivity index (χ2n) is 5.72. The summed E-state index contributed by atoms with van der Waals surface area (Å²) in [6, 6.07) is 7.38. The number of halogens is 1. The van der Waals surface area contributed by atoms with Gasteiger partial charge in [0, 0.05) is 22.6 Å². The largest absolute Gasteiger partial charge is 0.368 e. The highest BCUT2D eigenvalue weighted by Crippen LogP contribution is 2.26. The van der Waals surface area contributed by atoms with Crippen LogP contribution in [0.3, 0.4) is 0 Å². The van der Waals surface area contributed by atoms with E-state index in [0.717, 1.165) is 17.7 Å². The Balaban J connectivity index is 1.54. The highest BCUT2D eigenvalue weighted by molar-refractivity contribution is 7.12. The van der Waals surface area contributed by atoms with E-state index in [4.69, 9.17) is 22.1 Å². The summed E-state index contributed by atoms with van der Waals surface area (Å²) in [6.07, 6.45) is 1.10. The molecule has 26 heavy (non-hydrogen) atoms. The Morgan fingerprint density at radius 3 is 2.88 bits per heavy atom. The van der Waals surface area contributed by atoms with Gasteiger partial charge in [-0.15, -0.1) is 16.4 Å². The van der Waals surface area contributed by atoms with E-state index >= 15 is 0 Å². The van der Waals surface area contributed by atoms with Crippen molar-refractivity contribution < 1.29 is 9.53 Å². The number of anilines is 2. The molecule has 10 heteroatoms. The van der Waals surface area contributed by atoms with E-state index in [0.29, 0.717) is 23.2 Å². The molecule has 134 valence electrons. The first-order valence-corrected chi connectivity index (χ1v) is 9.23. The highest BCUT2D eigenvalue weighted by Gasteiger charge is 2.25. The molecule has 1 atom stereocenters. The maximum absolute atomic E-state index is 12.1. The van der Waals surface area contributed by atoms with Crippen LogP contribution >= 0.6 is 22.9 Å². The molecule has 0 radical (unpaired) electrons. The number of amides is 1. The predicted molar refractivity (Wildman–Crippen MR) is 99.5 cm³/mol.